The van der Waals surface area contributed by atoms with Gasteiger partial charge in [0.05, 0.1) is 9.95 Å². The Balaban J connectivity index is 2.44. The lowest BCUT2D eigenvalue weighted by Crippen LogP contribution is -2.48. The molecular weight excluding hydrogens is 300 g/mol. The fraction of sp³-hybridized carbons (Fsp3) is 0.385. The largest absolute Gasteiger partial charge is 0.480 e. The number of hydrogen-bond acceptors (Lipinski definition) is 4. The molecule has 1 amide bonds. The summed E-state index contributed by atoms with van der Waals surface area (Å²) in [6.07, 6.45) is 1.69. The van der Waals surface area contributed by atoms with Crippen molar-refractivity contribution in [2.75, 3.05) is 6.54 Å². The second-order valence-electron chi connectivity index (χ2n) is 4.74. The van der Waals surface area contributed by atoms with Crippen LogP contribution in [0, 0.1) is 10.1 Å². The maximum Gasteiger partial charge on any atom is 0.326 e. The number of likely N-dealkylation sites (tertiary alicyclic amines) is 1. The molecule has 0 unspecified atom stereocenters. The van der Waals surface area contributed by atoms with Crippen molar-refractivity contribution < 1.29 is 19.6 Å². The summed E-state index contributed by atoms with van der Waals surface area (Å²) in [5.74, 6) is -1.82. The van der Waals surface area contributed by atoms with Crippen molar-refractivity contribution in [2.45, 2.75) is 25.3 Å². The zero-order valence-corrected chi connectivity index (χ0v) is 11.7. The topological polar surface area (TPSA) is 101 Å². The van der Waals surface area contributed by atoms with E-state index < -0.39 is 28.5 Å². The molecular formula is C13H13ClN2O5. The number of amides is 1. The van der Waals surface area contributed by atoms with Crippen LogP contribution in [-0.2, 0) is 4.79 Å². The number of carboxylic acid groups (broad SMARTS) is 1. The molecule has 1 atom stereocenters. The minimum atomic E-state index is -1.11. The number of nitro groups is 1. The molecule has 1 aromatic rings. The molecule has 0 saturated carbocycles. The fourth-order valence-electron chi connectivity index (χ4n) is 2.45. The van der Waals surface area contributed by atoms with Gasteiger partial charge >= 0.3 is 5.97 Å². The van der Waals surface area contributed by atoms with Crippen molar-refractivity contribution in [3.05, 3.63) is 38.9 Å². The van der Waals surface area contributed by atoms with Gasteiger partial charge in [-0.3, -0.25) is 14.9 Å². The first-order chi connectivity index (χ1) is 9.93. The Morgan fingerprint density at radius 1 is 1.38 bits per heavy atom. The van der Waals surface area contributed by atoms with Gasteiger partial charge in [0.25, 0.3) is 11.6 Å². The van der Waals surface area contributed by atoms with Gasteiger partial charge in [-0.25, -0.2) is 4.79 Å². The summed E-state index contributed by atoms with van der Waals surface area (Å²) < 4.78 is 0. The van der Waals surface area contributed by atoms with E-state index >= 15 is 0 Å². The van der Waals surface area contributed by atoms with Gasteiger partial charge < -0.3 is 10.0 Å². The Labute approximate surface area is 125 Å². The molecule has 0 aliphatic carbocycles. The average Bonchev–Trinajstić information content (AvgIpc) is 2.46. The van der Waals surface area contributed by atoms with E-state index in [4.69, 9.17) is 11.6 Å². The molecule has 1 fully saturated rings. The third kappa shape index (κ3) is 2.97. The van der Waals surface area contributed by atoms with Crippen LogP contribution in [0.25, 0.3) is 0 Å². The highest BCUT2D eigenvalue weighted by molar-refractivity contribution is 6.34. The van der Waals surface area contributed by atoms with Gasteiger partial charge in [0, 0.05) is 12.6 Å². The van der Waals surface area contributed by atoms with Gasteiger partial charge in [-0.1, -0.05) is 17.7 Å². The molecule has 2 rings (SSSR count). The number of benzene rings is 1. The fourth-order valence-corrected chi connectivity index (χ4v) is 2.70. The molecule has 21 heavy (non-hydrogen) atoms. The van der Waals surface area contributed by atoms with Crippen LogP contribution < -0.4 is 0 Å². The number of rotatable bonds is 3. The molecule has 1 aliphatic heterocycles. The van der Waals surface area contributed by atoms with Crippen LogP contribution in [0.15, 0.2) is 18.2 Å². The van der Waals surface area contributed by atoms with Gasteiger partial charge in [0.15, 0.2) is 0 Å². The predicted octanol–water partition coefficient (Wildman–Crippen LogP) is 2.33. The van der Waals surface area contributed by atoms with Gasteiger partial charge in [-0.05, 0) is 25.3 Å². The second kappa shape index (κ2) is 6.09. The molecule has 0 radical (unpaired) electrons. The second-order valence-corrected chi connectivity index (χ2v) is 5.15. The maximum atomic E-state index is 12.5. The van der Waals surface area contributed by atoms with Gasteiger partial charge in [-0.2, -0.15) is 0 Å². The average molecular weight is 313 g/mol. The number of carboxylic acids is 1. The predicted molar refractivity (Wildman–Crippen MR) is 74.4 cm³/mol. The van der Waals surface area contributed by atoms with Crippen LogP contribution in [0.4, 0.5) is 5.69 Å². The zero-order chi connectivity index (χ0) is 15.6. The lowest BCUT2D eigenvalue weighted by Gasteiger charge is -2.33. The third-order valence-corrected chi connectivity index (χ3v) is 3.77. The van der Waals surface area contributed by atoms with E-state index in [2.05, 4.69) is 0 Å². The number of carbonyl (C=O) groups excluding carboxylic acids is 1. The smallest absolute Gasteiger partial charge is 0.326 e. The summed E-state index contributed by atoms with van der Waals surface area (Å²) in [6.45, 7) is 0.248. The molecule has 1 aromatic carbocycles. The van der Waals surface area contributed by atoms with E-state index in [1.165, 1.54) is 18.2 Å². The zero-order valence-electron chi connectivity index (χ0n) is 11.0. The van der Waals surface area contributed by atoms with Crippen molar-refractivity contribution in [1.29, 1.82) is 0 Å². The number of aliphatic carboxylic acids is 1. The van der Waals surface area contributed by atoms with E-state index in [-0.39, 0.29) is 17.1 Å². The minimum absolute atomic E-state index is 0.0519. The SMILES string of the molecule is O=C(O)[C@H]1CCCCN1C(=O)c1c(Cl)cccc1[N+](=O)[O-]. The van der Waals surface area contributed by atoms with Gasteiger partial charge in [-0.15, -0.1) is 0 Å². The van der Waals surface area contributed by atoms with Crippen molar-refractivity contribution in [3.63, 3.8) is 0 Å². The summed E-state index contributed by atoms with van der Waals surface area (Å²) in [4.78, 5) is 35.3. The molecule has 8 heteroatoms. The van der Waals surface area contributed by atoms with E-state index in [0.717, 1.165) is 4.90 Å². The Kier molecular flexibility index (Phi) is 4.42. The van der Waals surface area contributed by atoms with Crippen molar-refractivity contribution in [3.8, 4) is 0 Å². The minimum Gasteiger partial charge on any atom is -0.480 e. The first kappa shape index (κ1) is 15.2. The van der Waals surface area contributed by atoms with E-state index in [1.54, 1.807) is 0 Å². The first-order valence-corrected chi connectivity index (χ1v) is 6.78. The highest BCUT2D eigenvalue weighted by Gasteiger charge is 2.36. The quantitative estimate of drug-likeness (QED) is 0.682. The van der Waals surface area contributed by atoms with Crippen LogP contribution in [0.1, 0.15) is 29.6 Å². The Hall–Kier alpha value is -2.15. The molecule has 112 valence electrons. The molecule has 0 aromatic heterocycles. The molecule has 1 N–H and O–H groups in total. The van der Waals surface area contributed by atoms with Crippen molar-refractivity contribution >= 4 is 29.2 Å². The Bertz CT molecular complexity index is 604. The standard InChI is InChI=1S/C13H13ClN2O5/c14-8-4-3-6-9(16(20)21)11(8)12(17)15-7-2-1-5-10(15)13(18)19/h3-4,6,10H,1-2,5,7H2,(H,18,19)/t10-/m1/s1. The first-order valence-electron chi connectivity index (χ1n) is 6.40. The van der Waals surface area contributed by atoms with E-state index in [0.29, 0.717) is 19.3 Å². The number of piperidine rings is 1. The van der Waals surface area contributed by atoms with Crippen LogP contribution in [0.3, 0.4) is 0 Å². The lowest BCUT2D eigenvalue weighted by molar-refractivity contribution is -0.385. The third-order valence-electron chi connectivity index (χ3n) is 3.45. The van der Waals surface area contributed by atoms with Gasteiger partial charge in [0.1, 0.15) is 11.6 Å². The van der Waals surface area contributed by atoms with Crippen molar-refractivity contribution in [1.82, 2.24) is 4.90 Å². The van der Waals surface area contributed by atoms with Crippen molar-refractivity contribution in [2.24, 2.45) is 0 Å². The summed E-state index contributed by atoms with van der Waals surface area (Å²) in [5.41, 5.74) is -0.667. The van der Waals surface area contributed by atoms with Crippen LogP contribution in [0.2, 0.25) is 5.02 Å². The molecule has 1 aliphatic rings. The number of nitrogens with zero attached hydrogens (tertiary/aromatic N) is 2. The Morgan fingerprint density at radius 3 is 2.71 bits per heavy atom. The maximum absolute atomic E-state index is 12.5. The van der Waals surface area contributed by atoms with Gasteiger partial charge in [0.2, 0.25) is 0 Å². The number of nitro benzene ring substituents is 1. The summed E-state index contributed by atoms with van der Waals surface area (Å²) in [5, 5.41) is 20.2. The van der Waals surface area contributed by atoms with Crippen LogP contribution >= 0.6 is 11.6 Å². The lowest BCUT2D eigenvalue weighted by atomic mass is 10.0. The molecule has 0 spiro atoms. The summed E-state index contributed by atoms with van der Waals surface area (Å²) >= 11 is 5.92. The van der Waals surface area contributed by atoms with Crippen LogP contribution in [-0.4, -0.2) is 39.4 Å². The number of halogens is 1. The number of carbonyl (C=O) groups is 2. The molecule has 7 nitrogen and oxygen atoms in total. The Morgan fingerprint density at radius 2 is 2.10 bits per heavy atom. The summed E-state index contributed by atoms with van der Waals surface area (Å²) in [6, 6.07) is 2.96. The highest BCUT2D eigenvalue weighted by atomic mass is 35.5. The number of hydrogen-bond donors (Lipinski definition) is 1. The van der Waals surface area contributed by atoms with E-state index in [9.17, 15) is 24.8 Å². The normalized spacial score (nSPS) is 18.3. The van der Waals surface area contributed by atoms with E-state index in [1.807, 2.05) is 0 Å². The molecule has 0 bridgehead atoms. The monoisotopic (exact) mass is 312 g/mol. The molecule has 1 saturated heterocycles. The molecule has 1 heterocycles. The van der Waals surface area contributed by atoms with Crippen LogP contribution in [0.5, 0.6) is 0 Å². The highest BCUT2D eigenvalue weighted by Crippen LogP contribution is 2.30. The summed E-state index contributed by atoms with van der Waals surface area (Å²) in [7, 11) is 0.